The Morgan fingerprint density at radius 2 is 2.10 bits per heavy atom. The predicted molar refractivity (Wildman–Crippen MR) is 110 cm³/mol. The molecule has 146 valence electrons. The van der Waals surface area contributed by atoms with Crippen molar-refractivity contribution in [1.29, 1.82) is 0 Å². The van der Waals surface area contributed by atoms with E-state index in [4.69, 9.17) is 11.6 Å². The van der Waals surface area contributed by atoms with Crippen LogP contribution in [0.1, 0.15) is 10.4 Å². The molecule has 29 heavy (non-hydrogen) atoms. The van der Waals surface area contributed by atoms with Gasteiger partial charge in [0.05, 0.1) is 23.1 Å². The summed E-state index contributed by atoms with van der Waals surface area (Å²) in [5.41, 5.74) is 1.43. The largest absolute Gasteiger partial charge is 0.329 e. The minimum absolute atomic E-state index is 0.335. The third-order valence-corrected chi connectivity index (χ3v) is 5.47. The molecule has 1 N–H and O–H groups in total. The summed E-state index contributed by atoms with van der Waals surface area (Å²) in [6, 6.07) is 11.4. The topological polar surface area (TPSA) is 64.7 Å². The van der Waals surface area contributed by atoms with Crippen LogP contribution in [0.2, 0.25) is 5.02 Å². The lowest BCUT2D eigenvalue weighted by Crippen LogP contribution is -2.12. The minimum atomic E-state index is -0.445. The zero-order valence-corrected chi connectivity index (χ0v) is 16.8. The Bertz CT molecular complexity index is 1190. The summed E-state index contributed by atoms with van der Waals surface area (Å²) < 4.78 is 17.2. The molecule has 0 fully saturated rings. The van der Waals surface area contributed by atoms with Gasteiger partial charge in [-0.05, 0) is 48.2 Å². The highest BCUT2D eigenvalue weighted by Crippen LogP contribution is 2.33. The Hall–Kier alpha value is -3.10. The Labute approximate surface area is 175 Å². The number of aryl methyl sites for hydroxylation is 1. The molecule has 1 amide bonds. The van der Waals surface area contributed by atoms with Crippen molar-refractivity contribution in [2.45, 2.75) is 10.1 Å². The van der Waals surface area contributed by atoms with Gasteiger partial charge in [0.2, 0.25) is 0 Å². The summed E-state index contributed by atoms with van der Waals surface area (Å²) in [5.74, 6) is -0.843. The summed E-state index contributed by atoms with van der Waals surface area (Å²) in [4.78, 5) is 17.6. The number of carbonyl (C=O) groups is 1. The van der Waals surface area contributed by atoms with E-state index in [2.05, 4.69) is 15.4 Å². The van der Waals surface area contributed by atoms with Crippen LogP contribution in [-0.4, -0.2) is 25.2 Å². The molecule has 0 saturated heterocycles. The molecule has 0 aliphatic carbocycles. The second-order valence-electron chi connectivity index (χ2n) is 6.17. The molecule has 9 heteroatoms. The van der Waals surface area contributed by atoms with Gasteiger partial charge in [0.15, 0.2) is 5.16 Å². The molecule has 6 nitrogen and oxygen atoms in total. The smallest absolute Gasteiger partial charge is 0.258 e. The molecule has 0 spiro atoms. The van der Waals surface area contributed by atoms with Crippen molar-refractivity contribution in [3.63, 3.8) is 0 Å². The van der Waals surface area contributed by atoms with Crippen LogP contribution in [0.25, 0.3) is 5.69 Å². The van der Waals surface area contributed by atoms with Gasteiger partial charge in [-0.2, -0.15) is 5.10 Å². The third kappa shape index (κ3) is 4.33. The molecule has 2 aromatic heterocycles. The Kier molecular flexibility index (Phi) is 5.37. The SMILES string of the molecule is Cn1ccnc1Sc1ccc(F)cc1NC(=O)c1cnn(-c2cccc(Cl)c2)c1. The minimum Gasteiger partial charge on any atom is -0.329 e. The van der Waals surface area contributed by atoms with E-state index in [1.807, 2.05) is 23.9 Å². The fourth-order valence-electron chi connectivity index (χ4n) is 2.63. The molecule has 4 rings (SSSR count). The van der Waals surface area contributed by atoms with Gasteiger partial charge >= 0.3 is 0 Å². The van der Waals surface area contributed by atoms with Crippen molar-refractivity contribution < 1.29 is 9.18 Å². The van der Waals surface area contributed by atoms with Crippen LogP contribution in [0, 0.1) is 5.82 Å². The lowest BCUT2D eigenvalue weighted by atomic mass is 10.2. The van der Waals surface area contributed by atoms with Crippen molar-refractivity contribution in [3.05, 3.63) is 83.7 Å². The first kappa shape index (κ1) is 19.2. The van der Waals surface area contributed by atoms with Gasteiger partial charge in [0.25, 0.3) is 5.91 Å². The number of nitrogens with one attached hydrogen (secondary N) is 1. The second-order valence-corrected chi connectivity index (χ2v) is 7.62. The van der Waals surface area contributed by atoms with Crippen LogP contribution in [0.15, 0.2) is 77.3 Å². The summed E-state index contributed by atoms with van der Waals surface area (Å²) in [6.07, 6.45) is 6.52. The first-order chi connectivity index (χ1) is 14.0. The number of hydrogen-bond donors (Lipinski definition) is 1. The van der Waals surface area contributed by atoms with Crippen LogP contribution >= 0.6 is 23.4 Å². The Morgan fingerprint density at radius 3 is 2.86 bits per heavy atom. The maximum atomic E-state index is 13.8. The zero-order chi connectivity index (χ0) is 20.4. The average molecular weight is 428 g/mol. The first-order valence-electron chi connectivity index (χ1n) is 8.56. The van der Waals surface area contributed by atoms with E-state index in [-0.39, 0.29) is 0 Å². The summed E-state index contributed by atoms with van der Waals surface area (Å²) >= 11 is 7.34. The lowest BCUT2D eigenvalue weighted by Gasteiger charge is -2.10. The van der Waals surface area contributed by atoms with Gasteiger partial charge < -0.3 is 9.88 Å². The fraction of sp³-hybridized carbons (Fsp3) is 0.0500. The highest BCUT2D eigenvalue weighted by Gasteiger charge is 2.15. The maximum absolute atomic E-state index is 13.8. The van der Waals surface area contributed by atoms with E-state index in [9.17, 15) is 9.18 Å². The molecular formula is C20H15ClFN5OS. The molecule has 2 heterocycles. The Balaban J connectivity index is 1.57. The van der Waals surface area contributed by atoms with Crippen LogP contribution in [0.3, 0.4) is 0 Å². The predicted octanol–water partition coefficient (Wildman–Crippen LogP) is 4.80. The number of hydrogen-bond acceptors (Lipinski definition) is 4. The monoisotopic (exact) mass is 427 g/mol. The molecule has 0 aliphatic rings. The average Bonchev–Trinajstić information content (AvgIpc) is 3.34. The van der Waals surface area contributed by atoms with Crippen molar-refractivity contribution >= 4 is 35.0 Å². The highest BCUT2D eigenvalue weighted by molar-refractivity contribution is 7.99. The zero-order valence-electron chi connectivity index (χ0n) is 15.2. The summed E-state index contributed by atoms with van der Waals surface area (Å²) in [6.45, 7) is 0. The lowest BCUT2D eigenvalue weighted by molar-refractivity contribution is 0.102. The molecule has 0 saturated carbocycles. The van der Waals surface area contributed by atoms with Gasteiger partial charge in [-0.1, -0.05) is 17.7 Å². The number of nitrogens with zero attached hydrogens (tertiary/aromatic N) is 4. The number of anilines is 1. The number of rotatable bonds is 5. The highest BCUT2D eigenvalue weighted by atomic mass is 35.5. The fourth-order valence-corrected chi connectivity index (χ4v) is 3.69. The third-order valence-electron chi connectivity index (χ3n) is 4.09. The molecule has 0 atom stereocenters. The van der Waals surface area contributed by atoms with Crippen molar-refractivity contribution in [3.8, 4) is 5.69 Å². The van der Waals surface area contributed by atoms with Gasteiger partial charge in [0, 0.05) is 35.6 Å². The number of halogens is 2. The molecular weight excluding hydrogens is 413 g/mol. The van der Waals surface area contributed by atoms with Crippen LogP contribution in [-0.2, 0) is 7.05 Å². The van der Waals surface area contributed by atoms with Crippen molar-refractivity contribution in [2.75, 3.05) is 5.32 Å². The van der Waals surface area contributed by atoms with E-state index in [1.165, 1.54) is 30.1 Å². The molecule has 0 radical (unpaired) electrons. The molecule has 0 unspecified atom stereocenters. The van der Waals surface area contributed by atoms with Crippen LogP contribution < -0.4 is 5.32 Å². The molecule has 0 bridgehead atoms. The number of imidazole rings is 1. The van der Waals surface area contributed by atoms with Gasteiger partial charge in [-0.15, -0.1) is 0 Å². The molecule has 4 aromatic rings. The van der Waals surface area contributed by atoms with Gasteiger partial charge in [-0.3, -0.25) is 4.79 Å². The van der Waals surface area contributed by atoms with E-state index in [0.717, 1.165) is 10.8 Å². The normalized spacial score (nSPS) is 10.9. The van der Waals surface area contributed by atoms with E-state index < -0.39 is 11.7 Å². The standard InChI is InChI=1S/C20H15ClFN5OS/c1-26-8-7-23-20(26)29-18-6-5-15(22)10-17(18)25-19(28)13-11-24-27(12-13)16-4-2-3-14(21)9-16/h2-12H,1H3,(H,25,28). The second kappa shape index (κ2) is 8.10. The van der Waals surface area contributed by atoms with Gasteiger partial charge in [-0.25, -0.2) is 14.1 Å². The van der Waals surface area contributed by atoms with Crippen LogP contribution in [0.5, 0.6) is 0 Å². The Morgan fingerprint density at radius 1 is 1.24 bits per heavy atom. The van der Waals surface area contributed by atoms with Crippen molar-refractivity contribution in [1.82, 2.24) is 19.3 Å². The molecule has 2 aromatic carbocycles. The first-order valence-corrected chi connectivity index (χ1v) is 9.76. The maximum Gasteiger partial charge on any atom is 0.258 e. The van der Waals surface area contributed by atoms with E-state index >= 15 is 0 Å². The number of carbonyl (C=O) groups excluding carboxylic acids is 1. The van der Waals surface area contributed by atoms with Crippen molar-refractivity contribution in [2.24, 2.45) is 7.05 Å². The quantitative estimate of drug-likeness (QED) is 0.496. The number of benzene rings is 2. The summed E-state index contributed by atoms with van der Waals surface area (Å²) in [5, 5.41) is 8.26. The van der Waals surface area contributed by atoms with E-state index in [1.54, 1.807) is 41.3 Å². The van der Waals surface area contributed by atoms with Crippen LogP contribution in [0.4, 0.5) is 10.1 Å². The molecule has 0 aliphatic heterocycles. The van der Waals surface area contributed by atoms with E-state index in [0.29, 0.717) is 21.2 Å². The van der Waals surface area contributed by atoms with Gasteiger partial charge in [0.1, 0.15) is 5.82 Å². The number of aromatic nitrogens is 4. The number of amides is 1. The summed E-state index contributed by atoms with van der Waals surface area (Å²) in [7, 11) is 1.86.